The van der Waals surface area contributed by atoms with Crippen molar-refractivity contribution in [3.05, 3.63) is 27.8 Å². The molecule has 0 aliphatic rings. The van der Waals surface area contributed by atoms with E-state index in [9.17, 15) is 0 Å². The number of benzene rings is 1. The van der Waals surface area contributed by atoms with Gasteiger partial charge < -0.3 is 4.98 Å². The first-order valence-electron chi connectivity index (χ1n) is 4.36. The van der Waals surface area contributed by atoms with Gasteiger partial charge in [0.25, 0.3) is 0 Å². The van der Waals surface area contributed by atoms with Crippen LogP contribution in [0.5, 0.6) is 0 Å². The zero-order valence-corrected chi connectivity index (χ0v) is 12.6. The minimum absolute atomic E-state index is 0. The van der Waals surface area contributed by atoms with Gasteiger partial charge >= 0.3 is 0 Å². The van der Waals surface area contributed by atoms with Crippen molar-refractivity contribution in [3.8, 4) is 0 Å². The van der Waals surface area contributed by atoms with E-state index in [1.807, 2.05) is 0 Å². The number of thiazole rings is 1. The van der Waals surface area contributed by atoms with Gasteiger partial charge in [0.05, 0.1) is 0 Å². The molecular formula is C11H12NSY-. The molecule has 0 fully saturated rings. The van der Waals surface area contributed by atoms with Crippen LogP contribution in [0, 0.1) is 33.2 Å². The van der Waals surface area contributed by atoms with E-state index in [4.69, 9.17) is 0 Å². The van der Waals surface area contributed by atoms with Crippen LogP contribution in [0.1, 0.15) is 22.3 Å². The molecule has 0 unspecified atom stereocenters. The van der Waals surface area contributed by atoms with Crippen LogP contribution in [0.2, 0.25) is 0 Å². The van der Waals surface area contributed by atoms with Gasteiger partial charge in [0, 0.05) is 32.7 Å². The Morgan fingerprint density at radius 3 is 2.14 bits per heavy atom. The average molecular weight is 279 g/mol. The number of aryl methyl sites for hydroxylation is 2. The predicted molar refractivity (Wildman–Crippen MR) is 57.4 cm³/mol. The zero-order valence-electron chi connectivity index (χ0n) is 8.93. The van der Waals surface area contributed by atoms with Gasteiger partial charge in [0.15, 0.2) is 0 Å². The van der Waals surface area contributed by atoms with E-state index < -0.39 is 0 Å². The smallest absolute Gasteiger partial charge is 0 e. The van der Waals surface area contributed by atoms with Gasteiger partial charge in [-0.05, 0) is 19.4 Å². The van der Waals surface area contributed by atoms with Crippen molar-refractivity contribution in [3.63, 3.8) is 0 Å². The fourth-order valence-electron chi connectivity index (χ4n) is 1.63. The SMILES string of the molecule is Cc1c(C)c(C)c2s[c-]nc2c1C.[Y]. The largest absolute Gasteiger partial charge is 0.386 e. The van der Waals surface area contributed by atoms with Crippen molar-refractivity contribution in [2.45, 2.75) is 27.7 Å². The van der Waals surface area contributed by atoms with Gasteiger partial charge in [-0.3, -0.25) is 11.3 Å². The third-order valence-electron chi connectivity index (χ3n) is 2.90. The van der Waals surface area contributed by atoms with Gasteiger partial charge in [-0.25, -0.2) is 0 Å². The Balaban J connectivity index is 0.000000980. The Bertz CT molecular complexity index is 432. The van der Waals surface area contributed by atoms with Gasteiger partial charge in [-0.15, -0.1) is 0 Å². The van der Waals surface area contributed by atoms with Crippen LogP contribution in [-0.4, -0.2) is 4.98 Å². The Kier molecular flexibility index (Phi) is 3.84. The van der Waals surface area contributed by atoms with Gasteiger partial charge in [-0.2, -0.15) is 0 Å². The Hall–Kier alpha value is 0.214. The third kappa shape index (κ3) is 1.68. The first-order chi connectivity index (χ1) is 6.13. The summed E-state index contributed by atoms with van der Waals surface area (Å²) in [7, 11) is 0. The van der Waals surface area contributed by atoms with Crippen LogP contribution >= 0.6 is 11.3 Å². The summed E-state index contributed by atoms with van der Waals surface area (Å²) < 4.78 is 1.29. The second-order valence-electron chi connectivity index (χ2n) is 3.48. The predicted octanol–water partition coefficient (Wildman–Crippen LogP) is 3.33. The maximum Gasteiger partial charge on any atom is 0 e. The van der Waals surface area contributed by atoms with Crippen LogP contribution in [0.15, 0.2) is 0 Å². The molecule has 1 heterocycles. The molecule has 0 saturated heterocycles. The molecule has 0 bridgehead atoms. The third-order valence-corrected chi connectivity index (χ3v) is 3.79. The molecule has 0 aliphatic carbocycles. The maximum absolute atomic E-state index is 4.27. The molecule has 1 radical (unpaired) electrons. The van der Waals surface area contributed by atoms with Gasteiger partial charge in [-0.1, -0.05) is 46.3 Å². The van der Waals surface area contributed by atoms with E-state index in [-0.39, 0.29) is 32.7 Å². The van der Waals surface area contributed by atoms with E-state index in [1.165, 1.54) is 27.0 Å². The van der Waals surface area contributed by atoms with Crippen LogP contribution in [-0.2, 0) is 32.7 Å². The van der Waals surface area contributed by atoms with Crippen molar-refractivity contribution < 1.29 is 32.7 Å². The summed E-state index contributed by atoms with van der Waals surface area (Å²) in [5.41, 5.74) is 9.51. The Labute approximate surface area is 114 Å². The molecule has 1 aromatic heterocycles. The van der Waals surface area contributed by atoms with E-state index in [0.717, 1.165) is 5.52 Å². The Morgan fingerprint density at radius 2 is 1.50 bits per heavy atom. The molecule has 0 saturated carbocycles. The van der Waals surface area contributed by atoms with E-state index in [1.54, 1.807) is 11.3 Å². The standard InChI is InChI=1S/C11H12NS.Y/c1-6-7(2)9(4)11-10(8(6)3)12-5-13-11;/h1-4H3;/q-1;. The van der Waals surface area contributed by atoms with Crippen molar-refractivity contribution in [1.82, 2.24) is 4.98 Å². The number of hydrogen-bond acceptors (Lipinski definition) is 2. The summed E-state index contributed by atoms with van der Waals surface area (Å²) in [6.45, 7) is 8.64. The second kappa shape index (κ2) is 4.38. The molecule has 0 atom stereocenters. The topological polar surface area (TPSA) is 12.9 Å². The molecule has 0 spiro atoms. The molecular weight excluding hydrogens is 267 g/mol. The van der Waals surface area contributed by atoms with E-state index >= 15 is 0 Å². The first kappa shape index (κ1) is 12.3. The maximum atomic E-state index is 4.27. The van der Waals surface area contributed by atoms with Gasteiger partial charge in [0.1, 0.15) is 0 Å². The zero-order chi connectivity index (χ0) is 9.59. The molecule has 2 rings (SSSR count). The summed E-state index contributed by atoms with van der Waals surface area (Å²) in [5, 5.41) is 0. The molecule has 0 N–H and O–H groups in total. The number of hydrogen-bond donors (Lipinski definition) is 0. The van der Waals surface area contributed by atoms with E-state index in [2.05, 4.69) is 38.2 Å². The van der Waals surface area contributed by atoms with Crippen molar-refractivity contribution in [1.29, 1.82) is 0 Å². The number of fused-ring (bicyclic) bond motifs is 1. The van der Waals surface area contributed by atoms with E-state index in [0.29, 0.717) is 0 Å². The van der Waals surface area contributed by atoms with Crippen LogP contribution in [0.3, 0.4) is 0 Å². The monoisotopic (exact) mass is 279 g/mol. The summed E-state index contributed by atoms with van der Waals surface area (Å²) in [5.74, 6) is 0. The van der Waals surface area contributed by atoms with Crippen LogP contribution in [0.25, 0.3) is 10.2 Å². The van der Waals surface area contributed by atoms with Crippen LogP contribution in [0.4, 0.5) is 0 Å². The number of nitrogens with zero attached hydrogens (tertiary/aromatic N) is 1. The van der Waals surface area contributed by atoms with Crippen molar-refractivity contribution in [2.24, 2.45) is 0 Å². The summed E-state index contributed by atoms with van der Waals surface area (Å²) in [6, 6.07) is 0. The minimum atomic E-state index is 0. The summed E-state index contributed by atoms with van der Waals surface area (Å²) >= 11 is 1.61. The molecule has 1 nitrogen and oxygen atoms in total. The first-order valence-corrected chi connectivity index (χ1v) is 5.17. The minimum Gasteiger partial charge on any atom is -0.386 e. The molecule has 3 heteroatoms. The summed E-state index contributed by atoms with van der Waals surface area (Å²) in [4.78, 5) is 4.27. The quantitative estimate of drug-likeness (QED) is 0.674. The summed E-state index contributed by atoms with van der Waals surface area (Å²) in [6.07, 6.45) is 0. The molecule has 0 aliphatic heterocycles. The fraction of sp³-hybridized carbons (Fsp3) is 0.364. The molecule has 14 heavy (non-hydrogen) atoms. The molecule has 0 amide bonds. The van der Waals surface area contributed by atoms with Crippen molar-refractivity contribution >= 4 is 21.6 Å². The molecule has 1 aromatic carbocycles. The average Bonchev–Trinajstić information content (AvgIpc) is 2.59. The number of aromatic nitrogens is 1. The normalized spacial score (nSPS) is 10.3. The second-order valence-corrected chi connectivity index (χ2v) is 4.28. The number of rotatable bonds is 0. The van der Waals surface area contributed by atoms with Crippen molar-refractivity contribution in [2.75, 3.05) is 0 Å². The van der Waals surface area contributed by atoms with Crippen LogP contribution < -0.4 is 0 Å². The fourth-order valence-corrected chi connectivity index (χ4v) is 2.46. The molecule has 71 valence electrons. The Morgan fingerprint density at radius 1 is 0.929 bits per heavy atom. The molecule has 2 aromatic rings. The van der Waals surface area contributed by atoms with Gasteiger partial charge in [0.2, 0.25) is 0 Å².